The van der Waals surface area contributed by atoms with E-state index in [2.05, 4.69) is 23.8 Å². The number of aromatic nitrogens is 2. The highest BCUT2D eigenvalue weighted by molar-refractivity contribution is 5.46. The van der Waals surface area contributed by atoms with E-state index in [1.165, 1.54) is 32.0 Å². The van der Waals surface area contributed by atoms with Crippen molar-refractivity contribution >= 4 is 5.82 Å². The quantitative estimate of drug-likeness (QED) is 0.871. The van der Waals surface area contributed by atoms with Gasteiger partial charge >= 0.3 is 0 Å². The fourth-order valence-electron chi connectivity index (χ4n) is 2.42. The molecule has 2 N–H and O–H groups in total. The molecule has 17 heavy (non-hydrogen) atoms. The third-order valence-corrected chi connectivity index (χ3v) is 3.39. The Morgan fingerprint density at radius 1 is 1.35 bits per heavy atom. The van der Waals surface area contributed by atoms with Crippen LogP contribution in [0.25, 0.3) is 0 Å². The third kappa shape index (κ3) is 2.87. The van der Waals surface area contributed by atoms with E-state index in [1.807, 2.05) is 0 Å². The molecule has 0 radical (unpaired) electrons. The predicted molar refractivity (Wildman–Crippen MR) is 68.0 cm³/mol. The molecule has 1 aliphatic rings. The molecule has 0 saturated heterocycles. The molecule has 0 unspecified atom stereocenters. The smallest absolute Gasteiger partial charge is 0.222 e. The normalized spacial score (nSPS) is 16.6. The topological polar surface area (TPSA) is 61.0 Å². The zero-order valence-corrected chi connectivity index (χ0v) is 10.6. The summed E-state index contributed by atoms with van der Waals surface area (Å²) in [6.07, 6.45) is 6.69. The number of hydrogen-bond acceptors (Lipinski definition) is 4. The minimum atomic E-state index is 0.287. The lowest BCUT2D eigenvalue weighted by atomic mass is 10.1. The van der Waals surface area contributed by atoms with Gasteiger partial charge in [-0.3, -0.25) is 0 Å². The van der Waals surface area contributed by atoms with Crippen LogP contribution in [0.2, 0.25) is 0 Å². The third-order valence-electron chi connectivity index (χ3n) is 3.39. The molecule has 1 aromatic heterocycles. The van der Waals surface area contributed by atoms with Crippen molar-refractivity contribution in [2.45, 2.75) is 45.4 Å². The standard InChI is InChI=1S/C13H21N3O/c1-9(2)11-12(14)15-8-16-13(11)17-7-10-5-3-4-6-10/h8-10H,3-7H2,1-2H3,(H2,14,15,16). The van der Waals surface area contributed by atoms with Gasteiger partial charge in [0.25, 0.3) is 0 Å². The molecule has 4 heteroatoms. The Morgan fingerprint density at radius 2 is 2.06 bits per heavy atom. The minimum Gasteiger partial charge on any atom is -0.477 e. The molecule has 1 saturated carbocycles. The van der Waals surface area contributed by atoms with Gasteiger partial charge in [0.1, 0.15) is 12.1 Å². The Balaban J connectivity index is 2.06. The average molecular weight is 235 g/mol. The fraction of sp³-hybridized carbons (Fsp3) is 0.692. The summed E-state index contributed by atoms with van der Waals surface area (Å²) < 4.78 is 5.83. The molecular formula is C13H21N3O. The zero-order chi connectivity index (χ0) is 12.3. The van der Waals surface area contributed by atoms with E-state index >= 15 is 0 Å². The van der Waals surface area contributed by atoms with E-state index in [4.69, 9.17) is 10.5 Å². The molecule has 94 valence electrons. The molecule has 0 bridgehead atoms. The maximum absolute atomic E-state index is 5.87. The Hall–Kier alpha value is -1.32. The summed E-state index contributed by atoms with van der Waals surface area (Å²) >= 11 is 0. The highest BCUT2D eigenvalue weighted by Gasteiger charge is 2.18. The van der Waals surface area contributed by atoms with Crippen molar-refractivity contribution in [1.82, 2.24) is 9.97 Å². The van der Waals surface area contributed by atoms with Crippen LogP contribution in [0.15, 0.2) is 6.33 Å². The number of ether oxygens (including phenoxy) is 1. The molecule has 1 aliphatic carbocycles. The number of hydrogen-bond donors (Lipinski definition) is 1. The fourth-order valence-corrected chi connectivity index (χ4v) is 2.42. The molecule has 0 amide bonds. The van der Waals surface area contributed by atoms with Crippen LogP contribution in [0.4, 0.5) is 5.82 Å². The largest absolute Gasteiger partial charge is 0.477 e. The second kappa shape index (κ2) is 5.34. The second-order valence-electron chi connectivity index (χ2n) is 5.09. The van der Waals surface area contributed by atoms with Gasteiger partial charge in [-0.1, -0.05) is 26.7 Å². The average Bonchev–Trinajstić information content (AvgIpc) is 2.78. The first kappa shape index (κ1) is 12.1. The van der Waals surface area contributed by atoms with E-state index in [0.717, 1.165) is 12.2 Å². The summed E-state index contributed by atoms with van der Waals surface area (Å²) in [5.41, 5.74) is 6.81. The van der Waals surface area contributed by atoms with Crippen LogP contribution in [0.1, 0.15) is 51.0 Å². The summed E-state index contributed by atoms with van der Waals surface area (Å²) in [4.78, 5) is 8.24. The monoisotopic (exact) mass is 235 g/mol. The Kier molecular flexibility index (Phi) is 3.82. The van der Waals surface area contributed by atoms with Crippen molar-refractivity contribution in [3.05, 3.63) is 11.9 Å². The number of rotatable bonds is 4. The van der Waals surface area contributed by atoms with Gasteiger partial charge in [-0.25, -0.2) is 9.97 Å². The lowest BCUT2D eigenvalue weighted by molar-refractivity contribution is 0.240. The van der Waals surface area contributed by atoms with Crippen LogP contribution >= 0.6 is 0 Å². The first-order valence-electron chi connectivity index (χ1n) is 6.41. The van der Waals surface area contributed by atoms with Crippen LogP contribution in [0.3, 0.4) is 0 Å². The number of anilines is 1. The van der Waals surface area contributed by atoms with E-state index in [-0.39, 0.29) is 5.92 Å². The van der Waals surface area contributed by atoms with Crippen LogP contribution < -0.4 is 10.5 Å². The van der Waals surface area contributed by atoms with Gasteiger partial charge in [0.15, 0.2) is 0 Å². The molecule has 0 atom stereocenters. The summed E-state index contributed by atoms with van der Waals surface area (Å²) in [7, 11) is 0. The van der Waals surface area contributed by atoms with E-state index in [0.29, 0.717) is 17.6 Å². The predicted octanol–water partition coefficient (Wildman–Crippen LogP) is 2.75. The molecule has 1 fully saturated rings. The van der Waals surface area contributed by atoms with Gasteiger partial charge in [0, 0.05) is 0 Å². The number of nitrogens with zero attached hydrogens (tertiary/aromatic N) is 2. The van der Waals surface area contributed by atoms with Crippen molar-refractivity contribution in [3.8, 4) is 5.88 Å². The van der Waals surface area contributed by atoms with Crippen molar-refractivity contribution in [2.24, 2.45) is 5.92 Å². The summed E-state index contributed by atoms with van der Waals surface area (Å²) in [6, 6.07) is 0. The van der Waals surface area contributed by atoms with Gasteiger partial charge < -0.3 is 10.5 Å². The molecule has 0 aliphatic heterocycles. The van der Waals surface area contributed by atoms with Crippen LogP contribution in [0.5, 0.6) is 5.88 Å². The maximum atomic E-state index is 5.87. The number of nitrogen functional groups attached to an aromatic ring is 1. The summed E-state index contributed by atoms with van der Waals surface area (Å²) in [5.74, 6) is 2.18. The Labute approximate surface area is 103 Å². The summed E-state index contributed by atoms with van der Waals surface area (Å²) in [5, 5.41) is 0. The van der Waals surface area contributed by atoms with Gasteiger partial charge in [-0.15, -0.1) is 0 Å². The van der Waals surface area contributed by atoms with Crippen LogP contribution in [0, 0.1) is 5.92 Å². The van der Waals surface area contributed by atoms with Crippen LogP contribution in [-0.2, 0) is 0 Å². The molecule has 1 heterocycles. The minimum absolute atomic E-state index is 0.287. The maximum Gasteiger partial charge on any atom is 0.222 e. The van der Waals surface area contributed by atoms with Crippen molar-refractivity contribution < 1.29 is 4.74 Å². The number of nitrogens with two attached hydrogens (primary N) is 1. The van der Waals surface area contributed by atoms with Crippen molar-refractivity contribution in [1.29, 1.82) is 0 Å². The second-order valence-corrected chi connectivity index (χ2v) is 5.09. The summed E-state index contributed by atoms with van der Waals surface area (Å²) in [6.45, 7) is 4.92. The van der Waals surface area contributed by atoms with E-state index in [9.17, 15) is 0 Å². The van der Waals surface area contributed by atoms with Gasteiger partial charge in [-0.05, 0) is 24.7 Å². The van der Waals surface area contributed by atoms with Crippen molar-refractivity contribution in [3.63, 3.8) is 0 Å². The van der Waals surface area contributed by atoms with E-state index in [1.54, 1.807) is 0 Å². The molecule has 0 aromatic carbocycles. The van der Waals surface area contributed by atoms with Gasteiger partial charge in [0.2, 0.25) is 5.88 Å². The molecular weight excluding hydrogens is 214 g/mol. The van der Waals surface area contributed by atoms with Crippen LogP contribution in [-0.4, -0.2) is 16.6 Å². The molecule has 0 spiro atoms. The van der Waals surface area contributed by atoms with Crippen molar-refractivity contribution in [2.75, 3.05) is 12.3 Å². The molecule has 4 nitrogen and oxygen atoms in total. The zero-order valence-electron chi connectivity index (χ0n) is 10.6. The molecule has 2 rings (SSSR count). The Bertz CT molecular complexity index is 373. The lowest BCUT2D eigenvalue weighted by Gasteiger charge is -2.16. The highest BCUT2D eigenvalue weighted by Crippen LogP contribution is 2.30. The first-order valence-corrected chi connectivity index (χ1v) is 6.41. The molecule has 1 aromatic rings. The SMILES string of the molecule is CC(C)c1c(N)ncnc1OCC1CCCC1. The lowest BCUT2D eigenvalue weighted by Crippen LogP contribution is -2.12. The highest BCUT2D eigenvalue weighted by atomic mass is 16.5. The van der Waals surface area contributed by atoms with Gasteiger partial charge in [0.05, 0.1) is 12.2 Å². The van der Waals surface area contributed by atoms with Gasteiger partial charge in [-0.2, -0.15) is 0 Å². The first-order chi connectivity index (χ1) is 8.18. The van der Waals surface area contributed by atoms with E-state index < -0.39 is 0 Å². The Morgan fingerprint density at radius 3 is 2.71 bits per heavy atom.